The van der Waals surface area contributed by atoms with Crippen molar-refractivity contribution in [2.24, 2.45) is 0 Å². The van der Waals surface area contributed by atoms with E-state index in [1.165, 1.54) is 0 Å². The minimum absolute atomic E-state index is 0.0851. The van der Waals surface area contributed by atoms with E-state index in [4.69, 9.17) is 4.74 Å². The summed E-state index contributed by atoms with van der Waals surface area (Å²) in [5, 5.41) is 3.30. The quantitative estimate of drug-likeness (QED) is 0.891. The zero-order valence-electron chi connectivity index (χ0n) is 12.8. The maximum absolute atomic E-state index is 12.7. The third-order valence-electron chi connectivity index (χ3n) is 4.46. The van der Waals surface area contributed by atoms with Crippen molar-refractivity contribution >= 4 is 5.91 Å². The first-order valence-electron chi connectivity index (χ1n) is 7.57. The van der Waals surface area contributed by atoms with Gasteiger partial charge in [0, 0.05) is 45.3 Å². The summed E-state index contributed by atoms with van der Waals surface area (Å²) >= 11 is 0. The summed E-state index contributed by atoms with van der Waals surface area (Å²) in [6, 6.07) is 6.43. The van der Waals surface area contributed by atoms with Crippen molar-refractivity contribution in [2.45, 2.75) is 13.0 Å². The summed E-state index contributed by atoms with van der Waals surface area (Å²) in [5.74, 6) is 0.748. The number of rotatable bonds is 3. The Labute approximate surface area is 125 Å². The Morgan fingerprint density at radius 2 is 1.95 bits per heavy atom. The van der Waals surface area contributed by atoms with Crippen LogP contribution in [0.4, 0.5) is 0 Å². The van der Waals surface area contributed by atoms with Crippen molar-refractivity contribution in [3.05, 3.63) is 29.3 Å². The highest BCUT2D eigenvalue weighted by atomic mass is 16.5. The van der Waals surface area contributed by atoms with Crippen molar-refractivity contribution in [2.75, 3.05) is 46.4 Å². The highest BCUT2D eigenvalue weighted by Crippen LogP contribution is 2.22. The lowest BCUT2D eigenvalue weighted by molar-refractivity contribution is 0.0499. The van der Waals surface area contributed by atoms with Crippen molar-refractivity contribution in [3.63, 3.8) is 0 Å². The lowest BCUT2D eigenvalue weighted by atomic mass is 10.1. The minimum Gasteiger partial charge on any atom is -0.496 e. The predicted molar refractivity (Wildman–Crippen MR) is 81.9 cm³/mol. The van der Waals surface area contributed by atoms with Gasteiger partial charge in [-0.15, -0.1) is 0 Å². The van der Waals surface area contributed by atoms with E-state index in [2.05, 4.69) is 10.2 Å². The number of carbonyl (C=O) groups is 1. The standard InChI is InChI=1S/C16H23N3O2/c1-12-3-4-15(21-2)14(9-12)16(20)19-7-5-18(6-8-19)13-10-17-11-13/h3-4,9,13,17H,5-8,10-11H2,1-2H3. The molecule has 3 rings (SSSR count). The average Bonchev–Trinajstić information content (AvgIpc) is 2.45. The number of carbonyl (C=O) groups excluding carboxylic acids is 1. The second-order valence-electron chi connectivity index (χ2n) is 5.84. The Kier molecular flexibility index (Phi) is 4.12. The van der Waals surface area contributed by atoms with E-state index in [1.54, 1.807) is 7.11 Å². The fourth-order valence-electron chi connectivity index (χ4n) is 2.98. The molecule has 0 unspecified atom stereocenters. The predicted octanol–water partition coefficient (Wildman–Crippen LogP) is 0.733. The third kappa shape index (κ3) is 2.89. The van der Waals surface area contributed by atoms with E-state index in [-0.39, 0.29) is 5.91 Å². The second-order valence-corrected chi connectivity index (χ2v) is 5.84. The number of hydrogen-bond donors (Lipinski definition) is 1. The first-order valence-corrected chi connectivity index (χ1v) is 7.57. The molecule has 2 fully saturated rings. The molecule has 2 aliphatic rings. The maximum atomic E-state index is 12.7. The number of piperazine rings is 1. The van der Waals surface area contributed by atoms with Crippen molar-refractivity contribution in [3.8, 4) is 5.75 Å². The molecule has 0 atom stereocenters. The SMILES string of the molecule is COc1ccc(C)cc1C(=O)N1CCN(C2CNC2)CC1. The minimum atomic E-state index is 0.0851. The van der Waals surface area contributed by atoms with Crippen molar-refractivity contribution < 1.29 is 9.53 Å². The van der Waals surface area contributed by atoms with Gasteiger partial charge in [0.15, 0.2) is 0 Å². The molecule has 0 bridgehead atoms. The maximum Gasteiger partial charge on any atom is 0.257 e. The molecule has 2 aliphatic heterocycles. The van der Waals surface area contributed by atoms with Crippen LogP contribution in [0.5, 0.6) is 5.75 Å². The Hall–Kier alpha value is -1.59. The van der Waals surface area contributed by atoms with Crippen LogP contribution in [-0.2, 0) is 0 Å². The molecule has 21 heavy (non-hydrogen) atoms. The average molecular weight is 289 g/mol. The first kappa shape index (κ1) is 14.4. The van der Waals surface area contributed by atoms with E-state index in [9.17, 15) is 4.79 Å². The van der Waals surface area contributed by atoms with Gasteiger partial charge < -0.3 is 15.0 Å². The number of aryl methyl sites for hydroxylation is 1. The topological polar surface area (TPSA) is 44.8 Å². The van der Waals surface area contributed by atoms with Gasteiger partial charge in [-0.3, -0.25) is 9.69 Å². The lowest BCUT2D eigenvalue weighted by Gasteiger charge is -2.43. The van der Waals surface area contributed by atoms with Gasteiger partial charge >= 0.3 is 0 Å². The summed E-state index contributed by atoms with van der Waals surface area (Å²) in [6.45, 7) is 7.69. The van der Waals surface area contributed by atoms with Gasteiger partial charge in [-0.05, 0) is 19.1 Å². The summed E-state index contributed by atoms with van der Waals surface area (Å²) < 4.78 is 5.33. The molecular formula is C16H23N3O2. The summed E-state index contributed by atoms with van der Waals surface area (Å²) in [7, 11) is 1.61. The van der Waals surface area contributed by atoms with E-state index in [1.807, 2.05) is 30.0 Å². The number of ether oxygens (including phenoxy) is 1. The molecule has 114 valence electrons. The van der Waals surface area contributed by atoms with Crippen LogP contribution in [-0.4, -0.2) is 68.1 Å². The number of nitrogens with one attached hydrogen (secondary N) is 1. The van der Waals surface area contributed by atoms with Gasteiger partial charge in [0.05, 0.1) is 12.7 Å². The highest BCUT2D eigenvalue weighted by Gasteiger charge is 2.30. The largest absolute Gasteiger partial charge is 0.496 e. The number of benzene rings is 1. The molecule has 2 saturated heterocycles. The van der Waals surface area contributed by atoms with E-state index in [0.717, 1.165) is 44.8 Å². The lowest BCUT2D eigenvalue weighted by Crippen LogP contribution is -2.62. The number of hydrogen-bond acceptors (Lipinski definition) is 4. The van der Waals surface area contributed by atoms with Gasteiger partial charge in [0.2, 0.25) is 0 Å². The molecule has 0 aromatic heterocycles. The van der Waals surface area contributed by atoms with Crippen LogP contribution in [0.25, 0.3) is 0 Å². The van der Waals surface area contributed by atoms with Crippen molar-refractivity contribution in [1.82, 2.24) is 15.1 Å². The molecule has 5 nitrogen and oxygen atoms in total. The first-order chi connectivity index (χ1) is 10.2. The van der Waals surface area contributed by atoms with Crippen LogP contribution < -0.4 is 10.1 Å². The Morgan fingerprint density at radius 3 is 2.52 bits per heavy atom. The Morgan fingerprint density at radius 1 is 1.24 bits per heavy atom. The molecule has 0 aliphatic carbocycles. The number of amides is 1. The summed E-state index contributed by atoms with van der Waals surface area (Å²) in [5.41, 5.74) is 1.76. The van der Waals surface area contributed by atoms with Gasteiger partial charge in [-0.1, -0.05) is 11.6 Å². The molecule has 2 heterocycles. The number of nitrogens with zero attached hydrogens (tertiary/aromatic N) is 2. The Bertz CT molecular complexity index is 520. The molecular weight excluding hydrogens is 266 g/mol. The molecule has 0 spiro atoms. The molecule has 1 amide bonds. The van der Waals surface area contributed by atoms with Crippen LogP contribution in [0.3, 0.4) is 0 Å². The second kappa shape index (κ2) is 6.03. The van der Waals surface area contributed by atoms with Crippen LogP contribution in [0.1, 0.15) is 15.9 Å². The summed E-state index contributed by atoms with van der Waals surface area (Å²) in [6.07, 6.45) is 0. The van der Waals surface area contributed by atoms with E-state index >= 15 is 0 Å². The van der Waals surface area contributed by atoms with Crippen LogP contribution in [0.2, 0.25) is 0 Å². The fourth-order valence-corrected chi connectivity index (χ4v) is 2.98. The van der Waals surface area contributed by atoms with E-state index in [0.29, 0.717) is 17.4 Å². The monoisotopic (exact) mass is 289 g/mol. The fraction of sp³-hybridized carbons (Fsp3) is 0.562. The molecule has 1 aromatic rings. The molecule has 1 aromatic carbocycles. The zero-order valence-corrected chi connectivity index (χ0v) is 12.8. The third-order valence-corrected chi connectivity index (χ3v) is 4.46. The number of methoxy groups -OCH3 is 1. The molecule has 5 heteroatoms. The van der Waals surface area contributed by atoms with Gasteiger partial charge in [0.1, 0.15) is 5.75 Å². The molecule has 0 radical (unpaired) electrons. The van der Waals surface area contributed by atoms with Gasteiger partial charge in [-0.25, -0.2) is 0 Å². The zero-order chi connectivity index (χ0) is 14.8. The smallest absolute Gasteiger partial charge is 0.257 e. The molecule has 1 N–H and O–H groups in total. The summed E-state index contributed by atoms with van der Waals surface area (Å²) in [4.78, 5) is 17.1. The van der Waals surface area contributed by atoms with Crippen LogP contribution in [0, 0.1) is 6.92 Å². The van der Waals surface area contributed by atoms with Crippen LogP contribution in [0.15, 0.2) is 18.2 Å². The highest BCUT2D eigenvalue weighted by molar-refractivity contribution is 5.97. The Balaban J connectivity index is 1.67. The van der Waals surface area contributed by atoms with E-state index < -0.39 is 0 Å². The van der Waals surface area contributed by atoms with Crippen molar-refractivity contribution in [1.29, 1.82) is 0 Å². The van der Waals surface area contributed by atoms with Crippen LogP contribution >= 0.6 is 0 Å². The van der Waals surface area contributed by atoms with Gasteiger partial charge in [0.25, 0.3) is 5.91 Å². The van der Waals surface area contributed by atoms with Gasteiger partial charge in [-0.2, -0.15) is 0 Å². The normalized spacial score (nSPS) is 20.2. The molecule has 0 saturated carbocycles.